The number of β-amino-alcohol motifs (C(OH)–C–C–N with tert-alkyl or cyclic N) is 1. The van der Waals surface area contributed by atoms with Gasteiger partial charge in [-0.05, 0) is 24.6 Å². The summed E-state index contributed by atoms with van der Waals surface area (Å²) < 4.78 is 76.0. The highest BCUT2D eigenvalue weighted by Gasteiger charge is 2.37. The third kappa shape index (κ3) is 3.17. The minimum Gasteiger partial charge on any atom is -0.391 e. The fraction of sp³-hybridized carbons (Fsp3) is 0.500. The molecule has 20 heavy (non-hydrogen) atoms. The quantitative estimate of drug-likeness (QED) is 0.804. The van der Waals surface area contributed by atoms with Gasteiger partial charge in [-0.2, -0.15) is 26.3 Å². The van der Waals surface area contributed by atoms with Crippen LogP contribution in [0.3, 0.4) is 0 Å². The van der Waals surface area contributed by atoms with E-state index >= 15 is 0 Å². The molecule has 2 rings (SSSR count). The Hall–Kier alpha value is -1.44. The second-order valence-electron chi connectivity index (χ2n) is 4.65. The normalized spacial score (nSPS) is 20.6. The number of hydrogen-bond acceptors (Lipinski definition) is 2. The number of nitrogens with zero attached hydrogens (tertiary/aromatic N) is 1. The second-order valence-corrected chi connectivity index (χ2v) is 4.65. The standard InChI is InChI=1S/C12H11F6NO/c13-11(14,15)7-3-8(12(16,17)18)5-9(4-7)19-2-1-10(20)6-19/h3-5,10,20H,1-2,6H2. The van der Waals surface area contributed by atoms with Crippen molar-refractivity contribution in [2.24, 2.45) is 0 Å². The first-order valence-corrected chi connectivity index (χ1v) is 5.80. The summed E-state index contributed by atoms with van der Waals surface area (Å²) in [6.45, 7) is 0.248. The molecule has 112 valence electrons. The largest absolute Gasteiger partial charge is 0.416 e. The zero-order valence-corrected chi connectivity index (χ0v) is 10.1. The second kappa shape index (κ2) is 4.83. The fourth-order valence-corrected chi connectivity index (χ4v) is 2.10. The van der Waals surface area contributed by atoms with Crippen molar-refractivity contribution in [2.75, 3.05) is 18.0 Å². The number of rotatable bonds is 1. The van der Waals surface area contributed by atoms with E-state index in [-0.39, 0.29) is 24.8 Å². The number of halogens is 6. The van der Waals surface area contributed by atoms with Gasteiger partial charge in [-0.25, -0.2) is 0 Å². The minimum absolute atomic E-state index is 0.0264. The summed E-state index contributed by atoms with van der Waals surface area (Å²) in [6, 6.07) is 1.44. The van der Waals surface area contributed by atoms with Gasteiger partial charge in [0.25, 0.3) is 0 Å². The van der Waals surface area contributed by atoms with Gasteiger partial charge >= 0.3 is 12.4 Å². The highest BCUT2D eigenvalue weighted by atomic mass is 19.4. The van der Waals surface area contributed by atoms with E-state index in [1.807, 2.05) is 0 Å². The van der Waals surface area contributed by atoms with Crippen molar-refractivity contribution < 1.29 is 31.4 Å². The first-order valence-electron chi connectivity index (χ1n) is 5.80. The Morgan fingerprint density at radius 3 is 1.80 bits per heavy atom. The zero-order valence-electron chi connectivity index (χ0n) is 10.1. The van der Waals surface area contributed by atoms with E-state index in [1.165, 1.54) is 4.90 Å². The van der Waals surface area contributed by atoms with Crippen molar-refractivity contribution in [3.8, 4) is 0 Å². The Bertz CT molecular complexity index is 463. The number of anilines is 1. The highest BCUT2D eigenvalue weighted by Crippen LogP contribution is 2.38. The molecule has 1 saturated heterocycles. The van der Waals surface area contributed by atoms with E-state index in [1.54, 1.807) is 0 Å². The summed E-state index contributed by atoms with van der Waals surface area (Å²) in [5, 5.41) is 9.33. The predicted octanol–water partition coefficient (Wildman–Crippen LogP) is 3.30. The Morgan fingerprint density at radius 2 is 1.45 bits per heavy atom. The molecule has 1 unspecified atom stereocenters. The summed E-state index contributed by atoms with van der Waals surface area (Å²) in [5.74, 6) is 0. The Kier molecular flexibility index (Phi) is 3.62. The van der Waals surface area contributed by atoms with Gasteiger partial charge in [-0.1, -0.05) is 0 Å². The third-order valence-corrected chi connectivity index (χ3v) is 3.10. The fourth-order valence-electron chi connectivity index (χ4n) is 2.10. The molecular formula is C12H11F6NO. The monoisotopic (exact) mass is 299 g/mol. The van der Waals surface area contributed by atoms with E-state index in [4.69, 9.17) is 0 Å². The Morgan fingerprint density at radius 1 is 0.950 bits per heavy atom. The van der Waals surface area contributed by atoms with Gasteiger partial charge < -0.3 is 10.0 Å². The van der Waals surface area contributed by atoms with E-state index in [0.29, 0.717) is 18.6 Å². The molecule has 1 N–H and O–H groups in total. The molecule has 1 fully saturated rings. The van der Waals surface area contributed by atoms with Crippen LogP contribution in [0.1, 0.15) is 17.5 Å². The van der Waals surface area contributed by atoms with Crippen molar-refractivity contribution in [1.82, 2.24) is 0 Å². The van der Waals surface area contributed by atoms with E-state index < -0.39 is 29.6 Å². The zero-order chi connectivity index (χ0) is 15.1. The van der Waals surface area contributed by atoms with Crippen LogP contribution < -0.4 is 4.90 Å². The summed E-state index contributed by atoms with van der Waals surface area (Å²) in [6.07, 6.45) is -10.1. The number of aliphatic hydroxyl groups excluding tert-OH is 1. The summed E-state index contributed by atoms with van der Waals surface area (Å²) in [4.78, 5) is 1.31. The topological polar surface area (TPSA) is 23.5 Å². The molecule has 1 heterocycles. The van der Waals surface area contributed by atoms with E-state index in [9.17, 15) is 31.4 Å². The van der Waals surface area contributed by atoms with Crippen LogP contribution >= 0.6 is 0 Å². The SMILES string of the molecule is OC1CCN(c2cc(C(F)(F)F)cc(C(F)(F)F)c2)C1. The van der Waals surface area contributed by atoms with E-state index in [2.05, 4.69) is 0 Å². The van der Waals surface area contributed by atoms with Crippen molar-refractivity contribution in [2.45, 2.75) is 24.9 Å². The average molecular weight is 299 g/mol. The summed E-state index contributed by atoms with van der Waals surface area (Å²) in [7, 11) is 0. The summed E-state index contributed by atoms with van der Waals surface area (Å²) in [5.41, 5.74) is -2.86. The predicted molar refractivity (Wildman–Crippen MR) is 59.3 cm³/mol. The molecule has 1 aromatic carbocycles. The van der Waals surface area contributed by atoms with Gasteiger partial charge in [0.2, 0.25) is 0 Å². The first-order chi connectivity index (χ1) is 9.07. The number of aliphatic hydroxyl groups is 1. The van der Waals surface area contributed by atoms with Crippen molar-refractivity contribution >= 4 is 5.69 Å². The first kappa shape index (κ1) is 15.0. The lowest BCUT2D eigenvalue weighted by molar-refractivity contribution is -0.143. The molecular weight excluding hydrogens is 288 g/mol. The van der Waals surface area contributed by atoms with Crippen LogP contribution in [0.25, 0.3) is 0 Å². The molecule has 1 aliphatic rings. The molecule has 0 spiro atoms. The van der Waals surface area contributed by atoms with E-state index in [0.717, 1.165) is 0 Å². The van der Waals surface area contributed by atoms with Crippen molar-refractivity contribution in [3.05, 3.63) is 29.3 Å². The average Bonchev–Trinajstić information content (AvgIpc) is 2.73. The minimum atomic E-state index is -4.85. The molecule has 0 aromatic heterocycles. The smallest absolute Gasteiger partial charge is 0.391 e. The van der Waals surface area contributed by atoms with Crippen LogP contribution in [0.15, 0.2) is 18.2 Å². The van der Waals surface area contributed by atoms with Gasteiger partial charge in [-0.15, -0.1) is 0 Å². The van der Waals surface area contributed by atoms with Gasteiger partial charge in [0.05, 0.1) is 17.2 Å². The van der Waals surface area contributed by atoms with Crippen LogP contribution in [0, 0.1) is 0 Å². The molecule has 1 atom stereocenters. The van der Waals surface area contributed by atoms with Gasteiger partial charge in [0.1, 0.15) is 0 Å². The Balaban J connectivity index is 2.46. The van der Waals surface area contributed by atoms with Gasteiger partial charge in [0.15, 0.2) is 0 Å². The molecule has 0 aliphatic carbocycles. The molecule has 0 amide bonds. The molecule has 0 radical (unpaired) electrons. The maximum Gasteiger partial charge on any atom is 0.416 e. The Labute approximate surface area is 110 Å². The molecule has 8 heteroatoms. The molecule has 1 aliphatic heterocycles. The van der Waals surface area contributed by atoms with Crippen molar-refractivity contribution in [1.29, 1.82) is 0 Å². The lowest BCUT2D eigenvalue weighted by Gasteiger charge is -2.21. The maximum absolute atomic E-state index is 12.7. The van der Waals surface area contributed by atoms with Crippen LogP contribution in [0.5, 0.6) is 0 Å². The van der Waals surface area contributed by atoms with Gasteiger partial charge in [-0.3, -0.25) is 0 Å². The van der Waals surface area contributed by atoms with Crippen molar-refractivity contribution in [3.63, 3.8) is 0 Å². The number of hydrogen-bond donors (Lipinski definition) is 1. The van der Waals surface area contributed by atoms with Crippen LogP contribution in [-0.4, -0.2) is 24.3 Å². The highest BCUT2D eigenvalue weighted by molar-refractivity contribution is 5.53. The molecule has 0 saturated carbocycles. The maximum atomic E-state index is 12.7. The number of alkyl halides is 6. The lowest BCUT2D eigenvalue weighted by atomic mass is 10.1. The van der Waals surface area contributed by atoms with Crippen LogP contribution in [0.2, 0.25) is 0 Å². The molecule has 1 aromatic rings. The number of benzene rings is 1. The summed E-state index contributed by atoms with van der Waals surface area (Å²) >= 11 is 0. The lowest BCUT2D eigenvalue weighted by Crippen LogP contribution is -2.22. The third-order valence-electron chi connectivity index (χ3n) is 3.10. The van der Waals surface area contributed by atoms with Crippen LogP contribution in [0.4, 0.5) is 32.0 Å². The van der Waals surface area contributed by atoms with Gasteiger partial charge in [0, 0.05) is 18.8 Å². The molecule has 2 nitrogen and oxygen atoms in total. The molecule has 0 bridgehead atoms. The van der Waals surface area contributed by atoms with Crippen LogP contribution in [-0.2, 0) is 12.4 Å².